The van der Waals surface area contributed by atoms with E-state index in [9.17, 15) is 0 Å². The van der Waals surface area contributed by atoms with E-state index >= 15 is 0 Å². The standard InChI is InChI=1S/C23H27NO/c1-17-8-3-4-11-20(17)22-21-12-5-6-13-23(21,14-15-24-22)18-9-7-10-19(16-18)25-2/h3-11,16,21-22,24H,12-15H2,1-2H3/t21?,22-,23-/m1/s1. The zero-order valence-corrected chi connectivity index (χ0v) is 15.2. The van der Waals surface area contributed by atoms with Gasteiger partial charge in [-0.25, -0.2) is 0 Å². The normalized spacial score (nSPS) is 28.4. The summed E-state index contributed by atoms with van der Waals surface area (Å²) in [6.07, 6.45) is 8.19. The van der Waals surface area contributed by atoms with Gasteiger partial charge in [0.05, 0.1) is 7.11 Å². The molecule has 0 saturated carbocycles. The first kappa shape index (κ1) is 16.4. The molecule has 1 saturated heterocycles. The Labute approximate surface area is 150 Å². The van der Waals surface area contributed by atoms with Crippen molar-refractivity contribution in [3.63, 3.8) is 0 Å². The molecule has 1 N–H and O–H groups in total. The Morgan fingerprint density at radius 3 is 2.80 bits per heavy atom. The van der Waals surface area contributed by atoms with E-state index in [2.05, 4.69) is 66.9 Å². The van der Waals surface area contributed by atoms with Crippen molar-refractivity contribution in [3.05, 3.63) is 77.4 Å². The third-order valence-electron chi connectivity index (χ3n) is 6.25. The first-order valence-electron chi connectivity index (χ1n) is 9.33. The number of ether oxygens (including phenoxy) is 1. The molecule has 3 atom stereocenters. The Morgan fingerprint density at radius 1 is 1.08 bits per heavy atom. The Morgan fingerprint density at radius 2 is 1.96 bits per heavy atom. The maximum absolute atomic E-state index is 5.52. The highest BCUT2D eigenvalue weighted by molar-refractivity contribution is 5.40. The summed E-state index contributed by atoms with van der Waals surface area (Å²) in [5.74, 6) is 1.53. The van der Waals surface area contributed by atoms with Crippen LogP contribution in [-0.4, -0.2) is 13.7 Å². The average molecular weight is 333 g/mol. The predicted molar refractivity (Wildman–Crippen MR) is 103 cm³/mol. The molecule has 2 aromatic carbocycles. The van der Waals surface area contributed by atoms with Crippen molar-refractivity contribution in [3.8, 4) is 5.75 Å². The minimum atomic E-state index is 0.196. The van der Waals surface area contributed by atoms with Gasteiger partial charge >= 0.3 is 0 Å². The van der Waals surface area contributed by atoms with Crippen molar-refractivity contribution < 1.29 is 4.74 Å². The van der Waals surface area contributed by atoms with Crippen molar-refractivity contribution in [1.82, 2.24) is 5.32 Å². The molecule has 0 aromatic heterocycles. The Kier molecular flexibility index (Phi) is 4.39. The second kappa shape index (κ2) is 6.68. The van der Waals surface area contributed by atoms with Crippen LogP contribution in [0.3, 0.4) is 0 Å². The number of benzene rings is 2. The maximum Gasteiger partial charge on any atom is 0.119 e. The van der Waals surface area contributed by atoms with Crippen LogP contribution in [0.15, 0.2) is 60.7 Å². The first-order chi connectivity index (χ1) is 12.2. The number of fused-ring (bicyclic) bond motifs is 1. The Bertz CT molecular complexity index is 781. The van der Waals surface area contributed by atoms with Crippen molar-refractivity contribution in [1.29, 1.82) is 0 Å². The molecule has 1 aliphatic carbocycles. The molecule has 1 fully saturated rings. The fourth-order valence-corrected chi connectivity index (χ4v) is 4.92. The zero-order valence-electron chi connectivity index (χ0n) is 15.2. The lowest BCUT2D eigenvalue weighted by molar-refractivity contribution is 0.139. The Balaban J connectivity index is 1.80. The number of nitrogens with one attached hydrogen (secondary N) is 1. The lowest BCUT2D eigenvalue weighted by Gasteiger charge is -2.51. The molecular formula is C23H27NO. The van der Waals surface area contributed by atoms with Crippen molar-refractivity contribution in [2.45, 2.75) is 37.6 Å². The summed E-state index contributed by atoms with van der Waals surface area (Å²) in [5, 5.41) is 3.83. The number of methoxy groups -OCH3 is 1. The number of aryl methyl sites for hydroxylation is 1. The quantitative estimate of drug-likeness (QED) is 0.803. The zero-order chi connectivity index (χ0) is 17.3. The Hall–Kier alpha value is -2.06. The molecule has 2 heteroatoms. The van der Waals surface area contributed by atoms with E-state index in [4.69, 9.17) is 4.74 Å². The maximum atomic E-state index is 5.52. The summed E-state index contributed by atoms with van der Waals surface area (Å²) in [7, 11) is 1.76. The van der Waals surface area contributed by atoms with Crippen LogP contribution in [0, 0.1) is 12.8 Å². The lowest BCUT2D eigenvalue weighted by Crippen LogP contribution is -2.50. The third-order valence-corrected chi connectivity index (χ3v) is 6.25. The van der Waals surface area contributed by atoms with Crippen LogP contribution in [0.5, 0.6) is 5.75 Å². The van der Waals surface area contributed by atoms with Crippen LogP contribution in [0.1, 0.15) is 42.0 Å². The molecule has 2 aromatic rings. The third kappa shape index (κ3) is 2.79. The molecule has 2 aliphatic rings. The molecule has 2 nitrogen and oxygen atoms in total. The van der Waals surface area contributed by atoms with Crippen LogP contribution in [-0.2, 0) is 5.41 Å². The SMILES string of the molecule is COc1cccc([C@]23CC=CCC2[C@@H](c2ccccc2C)NCC3)c1. The molecule has 0 radical (unpaired) electrons. The van der Waals surface area contributed by atoms with Gasteiger partial charge in [-0.1, -0.05) is 48.6 Å². The number of hydrogen-bond acceptors (Lipinski definition) is 2. The molecule has 130 valence electrons. The summed E-state index contributed by atoms with van der Waals surface area (Å²) in [6, 6.07) is 18.0. The molecule has 4 rings (SSSR count). The molecular weight excluding hydrogens is 306 g/mol. The predicted octanol–water partition coefficient (Wildman–Crippen LogP) is 4.94. The molecule has 1 unspecified atom stereocenters. The summed E-state index contributed by atoms with van der Waals surface area (Å²) in [6.45, 7) is 3.29. The summed E-state index contributed by atoms with van der Waals surface area (Å²) in [5.41, 5.74) is 4.47. The van der Waals surface area contributed by atoms with Gasteiger partial charge in [-0.2, -0.15) is 0 Å². The number of rotatable bonds is 3. The van der Waals surface area contributed by atoms with Gasteiger partial charge in [0.2, 0.25) is 0 Å². The topological polar surface area (TPSA) is 21.3 Å². The second-order valence-electron chi connectivity index (χ2n) is 7.44. The molecule has 1 heterocycles. The van der Waals surface area contributed by atoms with Gasteiger partial charge in [0, 0.05) is 11.5 Å². The largest absolute Gasteiger partial charge is 0.497 e. The molecule has 1 aliphatic heterocycles. The lowest BCUT2D eigenvalue weighted by atomic mass is 9.58. The van der Waals surface area contributed by atoms with E-state index in [0.717, 1.165) is 25.1 Å². The van der Waals surface area contributed by atoms with E-state index in [1.54, 1.807) is 7.11 Å². The molecule has 0 amide bonds. The van der Waals surface area contributed by atoms with Crippen molar-refractivity contribution in [2.75, 3.05) is 13.7 Å². The van der Waals surface area contributed by atoms with Gasteiger partial charge in [-0.15, -0.1) is 0 Å². The number of hydrogen-bond donors (Lipinski definition) is 1. The minimum Gasteiger partial charge on any atom is -0.497 e. The van der Waals surface area contributed by atoms with Crippen molar-refractivity contribution in [2.24, 2.45) is 5.92 Å². The fraction of sp³-hybridized carbons (Fsp3) is 0.391. The van der Waals surface area contributed by atoms with Gasteiger partial charge in [0.1, 0.15) is 5.75 Å². The fourth-order valence-electron chi connectivity index (χ4n) is 4.92. The van der Waals surface area contributed by atoms with E-state index in [1.165, 1.54) is 23.1 Å². The van der Waals surface area contributed by atoms with Crippen LogP contribution < -0.4 is 10.1 Å². The van der Waals surface area contributed by atoms with Gasteiger partial charge in [-0.3, -0.25) is 0 Å². The molecule has 0 bridgehead atoms. The van der Waals surface area contributed by atoms with Crippen molar-refractivity contribution >= 4 is 0 Å². The number of piperidine rings is 1. The van der Waals surface area contributed by atoms with Crippen LogP contribution >= 0.6 is 0 Å². The van der Waals surface area contributed by atoms with E-state index < -0.39 is 0 Å². The van der Waals surface area contributed by atoms with Gasteiger partial charge in [0.15, 0.2) is 0 Å². The smallest absolute Gasteiger partial charge is 0.119 e. The number of allylic oxidation sites excluding steroid dienone is 2. The van der Waals surface area contributed by atoms with E-state index in [-0.39, 0.29) is 5.41 Å². The minimum absolute atomic E-state index is 0.196. The molecule has 0 spiro atoms. The van der Waals surface area contributed by atoms with Crippen LogP contribution in [0.4, 0.5) is 0 Å². The highest BCUT2D eigenvalue weighted by Crippen LogP contribution is 2.52. The first-order valence-corrected chi connectivity index (χ1v) is 9.33. The van der Waals surface area contributed by atoms with Crippen LogP contribution in [0.25, 0.3) is 0 Å². The average Bonchev–Trinajstić information content (AvgIpc) is 2.68. The monoisotopic (exact) mass is 333 g/mol. The van der Waals surface area contributed by atoms with E-state index in [0.29, 0.717) is 12.0 Å². The van der Waals surface area contributed by atoms with E-state index in [1.807, 2.05) is 6.07 Å². The summed E-state index contributed by atoms with van der Waals surface area (Å²) in [4.78, 5) is 0. The molecule has 25 heavy (non-hydrogen) atoms. The van der Waals surface area contributed by atoms with Crippen LogP contribution in [0.2, 0.25) is 0 Å². The van der Waals surface area contributed by atoms with Gasteiger partial charge < -0.3 is 10.1 Å². The summed E-state index contributed by atoms with van der Waals surface area (Å²) < 4.78 is 5.52. The highest BCUT2D eigenvalue weighted by atomic mass is 16.5. The van der Waals surface area contributed by atoms with Gasteiger partial charge in [-0.05, 0) is 67.5 Å². The second-order valence-corrected chi connectivity index (χ2v) is 7.44. The highest BCUT2D eigenvalue weighted by Gasteiger charge is 2.47. The summed E-state index contributed by atoms with van der Waals surface area (Å²) >= 11 is 0. The van der Waals surface area contributed by atoms with Gasteiger partial charge in [0.25, 0.3) is 0 Å².